The average molecular weight is 537 g/mol. The fourth-order valence-electron chi connectivity index (χ4n) is 5.16. The molecule has 3 atom stereocenters. The molecule has 1 amide bonds. The number of likely N-dealkylation sites (tertiary alicyclic amines) is 1. The third kappa shape index (κ3) is 6.47. The van der Waals surface area contributed by atoms with Gasteiger partial charge >= 0.3 is 12.1 Å². The van der Waals surface area contributed by atoms with E-state index in [2.05, 4.69) is 0 Å². The fraction of sp³-hybridized carbons (Fsp3) is 0.300. The molecule has 6 nitrogen and oxygen atoms in total. The Kier molecular flexibility index (Phi) is 8.36. The molecule has 1 fully saturated rings. The topological polar surface area (TPSA) is 102 Å². The predicted octanol–water partition coefficient (Wildman–Crippen LogP) is 5.60. The molecule has 3 aromatic rings. The lowest BCUT2D eigenvalue weighted by molar-refractivity contribution is -0.142. The van der Waals surface area contributed by atoms with Crippen LogP contribution in [0.25, 0.3) is 11.1 Å². The maximum absolute atomic E-state index is 14.2. The number of alkyl halides is 3. The van der Waals surface area contributed by atoms with Crippen molar-refractivity contribution in [3.63, 3.8) is 0 Å². The van der Waals surface area contributed by atoms with Crippen LogP contribution in [0.5, 0.6) is 0 Å². The van der Waals surface area contributed by atoms with Crippen molar-refractivity contribution in [3.8, 4) is 17.2 Å². The van der Waals surface area contributed by atoms with Crippen molar-refractivity contribution in [1.82, 2.24) is 4.90 Å². The Morgan fingerprint density at radius 1 is 1.05 bits per heavy atom. The summed E-state index contributed by atoms with van der Waals surface area (Å²) in [6.45, 7) is 0.177. The SMILES string of the molecule is N#Cc1ccc(-c2ccc(C(O)[C@@H]3C[C@@H](CC(=O)O)C(=O)N3CCCc3ccccc3)c(C(F)(F)F)c2)cc1. The van der Waals surface area contributed by atoms with Gasteiger partial charge in [0.15, 0.2) is 0 Å². The maximum atomic E-state index is 14.2. The number of carbonyl (C=O) groups excluding carboxylic acids is 1. The lowest BCUT2D eigenvalue weighted by Gasteiger charge is -2.30. The molecule has 1 unspecified atom stereocenters. The second kappa shape index (κ2) is 11.7. The van der Waals surface area contributed by atoms with Gasteiger partial charge in [0.25, 0.3) is 0 Å². The van der Waals surface area contributed by atoms with Crippen LogP contribution in [-0.2, 0) is 22.2 Å². The number of benzene rings is 3. The molecule has 1 aliphatic rings. The lowest BCUT2D eigenvalue weighted by Crippen LogP contribution is -2.39. The Morgan fingerprint density at radius 2 is 1.72 bits per heavy atom. The number of aliphatic hydroxyl groups is 1. The molecule has 1 aliphatic heterocycles. The van der Waals surface area contributed by atoms with Gasteiger partial charge < -0.3 is 15.1 Å². The summed E-state index contributed by atoms with van der Waals surface area (Å²) in [7, 11) is 0. The first kappa shape index (κ1) is 27.9. The number of nitriles is 1. The molecule has 39 heavy (non-hydrogen) atoms. The highest BCUT2D eigenvalue weighted by atomic mass is 19.4. The highest BCUT2D eigenvalue weighted by Crippen LogP contribution is 2.42. The monoisotopic (exact) mass is 536 g/mol. The first-order valence-electron chi connectivity index (χ1n) is 12.5. The van der Waals surface area contributed by atoms with Gasteiger partial charge in [-0.2, -0.15) is 18.4 Å². The highest BCUT2D eigenvalue weighted by molar-refractivity contribution is 5.85. The van der Waals surface area contributed by atoms with Crippen LogP contribution in [0.1, 0.15) is 47.6 Å². The van der Waals surface area contributed by atoms with Gasteiger partial charge in [-0.3, -0.25) is 9.59 Å². The minimum atomic E-state index is -4.79. The van der Waals surface area contributed by atoms with E-state index in [9.17, 15) is 33.0 Å². The summed E-state index contributed by atoms with van der Waals surface area (Å²) in [5, 5.41) is 29.5. The Morgan fingerprint density at radius 3 is 2.33 bits per heavy atom. The summed E-state index contributed by atoms with van der Waals surface area (Å²) in [6, 6.07) is 20.2. The minimum absolute atomic E-state index is 0.0632. The van der Waals surface area contributed by atoms with Crippen molar-refractivity contribution in [2.24, 2.45) is 5.92 Å². The van der Waals surface area contributed by atoms with Crippen LogP contribution >= 0.6 is 0 Å². The number of carboxylic acids is 1. The molecule has 0 aromatic heterocycles. The van der Waals surface area contributed by atoms with Gasteiger partial charge in [0.1, 0.15) is 0 Å². The Hall–Kier alpha value is -4.16. The lowest BCUT2D eigenvalue weighted by atomic mass is 9.90. The Balaban J connectivity index is 1.64. The summed E-state index contributed by atoms with van der Waals surface area (Å²) in [4.78, 5) is 25.8. The molecular formula is C30H27F3N2O4. The number of aliphatic carboxylic acids is 1. The number of carbonyl (C=O) groups is 2. The van der Waals surface area contributed by atoms with Crippen molar-refractivity contribution in [2.75, 3.05) is 6.54 Å². The number of amides is 1. The van der Waals surface area contributed by atoms with Gasteiger partial charge in [-0.1, -0.05) is 54.6 Å². The number of aliphatic hydroxyl groups excluding tert-OH is 1. The maximum Gasteiger partial charge on any atom is 0.416 e. The number of aryl methyl sites for hydroxylation is 1. The minimum Gasteiger partial charge on any atom is -0.481 e. The van der Waals surface area contributed by atoms with Crippen LogP contribution in [0.3, 0.4) is 0 Å². The van der Waals surface area contributed by atoms with E-state index in [0.717, 1.165) is 11.6 Å². The molecular weight excluding hydrogens is 509 g/mol. The third-order valence-corrected chi connectivity index (χ3v) is 7.08. The van der Waals surface area contributed by atoms with Crippen LogP contribution in [0.2, 0.25) is 0 Å². The quantitative estimate of drug-likeness (QED) is 0.371. The van der Waals surface area contributed by atoms with E-state index >= 15 is 0 Å². The summed E-state index contributed by atoms with van der Waals surface area (Å²) < 4.78 is 42.6. The van der Waals surface area contributed by atoms with Gasteiger partial charge in [0.2, 0.25) is 5.91 Å². The number of halogens is 3. The zero-order valence-electron chi connectivity index (χ0n) is 20.9. The van der Waals surface area contributed by atoms with Gasteiger partial charge in [0.05, 0.1) is 41.7 Å². The van der Waals surface area contributed by atoms with Crippen molar-refractivity contribution < 1.29 is 33.0 Å². The summed E-state index contributed by atoms with van der Waals surface area (Å²) in [6.07, 6.45) is -5.86. The molecule has 9 heteroatoms. The van der Waals surface area contributed by atoms with E-state index in [1.54, 1.807) is 12.1 Å². The number of hydrogen-bond acceptors (Lipinski definition) is 4. The van der Waals surface area contributed by atoms with Gasteiger partial charge in [-0.25, -0.2) is 0 Å². The molecule has 0 aliphatic carbocycles. The normalized spacial score (nSPS) is 18.1. The number of carboxylic acid groups (broad SMARTS) is 1. The average Bonchev–Trinajstić information content (AvgIpc) is 3.22. The smallest absolute Gasteiger partial charge is 0.416 e. The number of nitrogens with zero attached hydrogens (tertiary/aromatic N) is 2. The number of rotatable bonds is 9. The van der Waals surface area contributed by atoms with Crippen LogP contribution in [0, 0.1) is 17.2 Å². The van der Waals surface area contributed by atoms with Crippen molar-refractivity contribution in [2.45, 2.75) is 44.0 Å². The molecule has 2 N–H and O–H groups in total. The number of hydrogen-bond donors (Lipinski definition) is 2. The van der Waals surface area contributed by atoms with Gasteiger partial charge in [0, 0.05) is 6.54 Å². The van der Waals surface area contributed by atoms with E-state index in [1.807, 2.05) is 36.4 Å². The third-order valence-electron chi connectivity index (χ3n) is 7.08. The van der Waals surface area contributed by atoms with Crippen LogP contribution in [-0.4, -0.2) is 39.6 Å². The van der Waals surface area contributed by atoms with Crippen molar-refractivity contribution in [1.29, 1.82) is 5.26 Å². The van der Waals surface area contributed by atoms with Crippen molar-refractivity contribution >= 4 is 11.9 Å². The van der Waals surface area contributed by atoms with E-state index in [0.29, 0.717) is 24.0 Å². The molecule has 1 heterocycles. The molecule has 3 aromatic carbocycles. The molecule has 0 bridgehead atoms. The van der Waals surface area contributed by atoms with E-state index in [4.69, 9.17) is 5.26 Å². The molecule has 202 valence electrons. The van der Waals surface area contributed by atoms with Crippen LogP contribution < -0.4 is 0 Å². The summed E-state index contributed by atoms with van der Waals surface area (Å²) in [5.74, 6) is -2.58. The second-order valence-electron chi connectivity index (χ2n) is 9.65. The van der Waals surface area contributed by atoms with Gasteiger partial charge in [-0.05, 0) is 59.7 Å². The molecule has 0 radical (unpaired) electrons. The van der Waals surface area contributed by atoms with Gasteiger partial charge in [-0.15, -0.1) is 0 Å². The predicted molar refractivity (Wildman–Crippen MR) is 137 cm³/mol. The van der Waals surface area contributed by atoms with E-state index in [-0.39, 0.29) is 24.1 Å². The Bertz CT molecular complexity index is 1370. The first-order valence-corrected chi connectivity index (χ1v) is 12.5. The first-order chi connectivity index (χ1) is 18.6. The molecule has 1 saturated heterocycles. The molecule has 4 rings (SSSR count). The standard InChI is InChI=1S/C30H27F3N2O4/c31-30(32,33)25-15-22(21-10-8-20(18-34)9-11-21)12-13-24(25)28(38)26-16-23(17-27(36)37)29(39)35(26)14-4-7-19-5-2-1-3-6-19/h1-3,5-6,8-13,15,23,26,28,38H,4,7,14,16-17H2,(H,36,37)/t23-,26-,28?/m0/s1. The van der Waals surface area contributed by atoms with E-state index < -0.39 is 48.1 Å². The van der Waals surface area contributed by atoms with Crippen molar-refractivity contribution in [3.05, 3.63) is 95.1 Å². The fourth-order valence-corrected chi connectivity index (χ4v) is 5.16. The van der Waals surface area contributed by atoms with Crippen LogP contribution in [0.4, 0.5) is 13.2 Å². The molecule has 0 saturated carbocycles. The zero-order chi connectivity index (χ0) is 28.2. The summed E-state index contributed by atoms with van der Waals surface area (Å²) in [5.41, 5.74) is 0.725. The Labute approximate surface area is 223 Å². The molecule has 0 spiro atoms. The second-order valence-corrected chi connectivity index (χ2v) is 9.65. The highest BCUT2D eigenvalue weighted by Gasteiger charge is 2.45. The van der Waals surface area contributed by atoms with E-state index in [1.165, 1.54) is 29.2 Å². The zero-order valence-corrected chi connectivity index (χ0v) is 20.9. The largest absolute Gasteiger partial charge is 0.481 e. The van der Waals surface area contributed by atoms with Crippen LogP contribution in [0.15, 0.2) is 72.8 Å². The summed E-state index contributed by atoms with van der Waals surface area (Å²) >= 11 is 0.